The quantitative estimate of drug-likeness (QED) is 0.601. The average Bonchev–Trinajstić information content (AvgIpc) is 2.38. The lowest BCUT2D eigenvalue weighted by atomic mass is 10.2. The number of pyridine rings is 1. The van der Waals surface area contributed by atoms with Crippen LogP contribution in [0.3, 0.4) is 0 Å². The van der Waals surface area contributed by atoms with Gasteiger partial charge in [-0.1, -0.05) is 6.07 Å². The highest BCUT2D eigenvalue weighted by molar-refractivity contribution is 5.95. The Kier molecular flexibility index (Phi) is 4.70. The van der Waals surface area contributed by atoms with Crippen molar-refractivity contribution in [1.29, 1.82) is 0 Å². The molecule has 1 N–H and O–H groups in total. The Balaban J connectivity index is 2.72. The van der Waals surface area contributed by atoms with Gasteiger partial charge < -0.3 is 10.1 Å². The maximum atomic E-state index is 11.7. The summed E-state index contributed by atoms with van der Waals surface area (Å²) in [5, 5.41) is 2.47. The number of hydrogen-bond acceptors (Lipinski definition) is 4. The van der Waals surface area contributed by atoms with E-state index in [2.05, 4.69) is 21.0 Å². The van der Waals surface area contributed by atoms with Gasteiger partial charge in [0, 0.05) is 12.6 Å². The van der Waals surface area contributed by atoms with Crippen molar-refractivity contribution in [3.05, 3.63) is 30.1 Å². The second-order valence-electron chi connectivity index (χ2n) is 3.17. The first-order valence-corrected chi connectivity index (χ1v) is 4.92. The van der Waals surface area contributed by atoms with Gasteiger partial charge in [0.1, 0.15) is 11.7 Å². The van der Waals surface area contributed by atoms with E-state index in [0.717, 1.165) is 0 Å². The standard InChI is InChI=1S/C12H12N2O3/c1-3-6-10(12(16)17-2)14-11(15)9-7-4-5-8-13-9/h1,4-5,7-8,10H,6H2,2H3,(H,14,15)/t10-/m1/s1. The summed E-state index contributed by atoms with van der Waals surface area (Å²) in [6.07, 6.45) is 6.68. The number of ether oxygens (including phenoxy) is 1. The monoisotopic (exact) mass is 232 g/mol. The van der Waals surface area contributed by atoms with Crippen LogP contribution in [0, 0.1) is 12.3 Å². The third kappa shape index (κ3) is 3.61. The van der Waals surface area contributed by atoms with Crippen molar-refractivity contribution in [3.8, 4) is 12.3 Å². The van der Waals surface area contributed by atoms with Gasteiger partial charge in [0.2, 0.25) is 0 Å². The lowest BCUT2D eigenvalue weighted by molar-refractivity contribution is -0.142. The predicted molar refractivity (Wildman–Crippen MR) is 61.0 cm³/mol. The molecule has 1 amide bonds. The summed E-state index contributed by atoms with van der Waals surface area (Å²) >= 11 is 0. The van der Waals surface area contributed by atoms with Crippen molar-refractivity contribution < 1.29 is 14.3 Å². The fraction of sp³-hybridized carbons (Fsp3) is 0.250. The number of hydrogen-bond donors (Lipinski definition) is 1. The number of aromatic nitrogens is 1. The molecule has 0 saturated heterocycles. The summed E-state index contributed by atoms with van der Waals surface area (Å²) in [6.45, 7) is 0. The minimum atomic E-state index is -0.848. The first-order chi connectivity index (χ1) is 8.19. The fourth-order valence-electron chi connectivity index (χ4n) is 1.18. The Labute approximate surface area is 99.2 Å². The molecule has 0 unspecified atom stereocenters. The maximum Gasteiger partial charge on any atom is 0.329 e. The van der Waals surface area contributed by atoms with Crippen LogP contribution in [-0.2, 0) is 9.53 Å². The second-order valence-corrected chi connectivity index (χ2v) is 3.17. The summed E-state index contributed by atoms with van der Waals surface area (Å²) in [6, 6.07) is 4.06. The topological polar surface area (TPSA) is 68.3 Å². The highest BCUT2D eigenvalue weighted by Crippen LogP contribution is 1.98. The van der Waals surface area contributed by atoms with Crippen LogP contribution in [0.1, 0.15) is 16.9 Å². The van der Waals surface area contributed by atoms with E-state index in [1.807, 2.05) is 0 Å². The Morgan fingerprint density at radius 3 is 2.88 bits per heavy atom. The molecule has 17 heavy (non-hydrogen) atoms. The van der Waals surface area contributed by atoms with Gasteiger partial charge in [-0.15, -0.1) is 12.3 Å². The van der Waals surface area contributed by atoms with Gasteiger partial charge >= 0.3 is 5.97 Å². The molecule has 1 aromatic heterocycles. The number of esters is 1. The molecule has 0 aromatic carbocycles. The van der Waals surface area contributed by atoms with E-state index in [1.165, 1.54) is 13.3 Å². The molecule has 0 aliphatic rings. The zero-order chi connectivity index (χ0) is 12.7. The molecule has 0 fully saturated rings. The van der Waals surface area contributed by atoms with Crippen LogP contribution in [0.5, 0.6) is 0 Å². The van der Waals surface area contributed by atoms with Crippen LogP contribution in [0.2, 0.25) is 0 Å². The molecule has 88 valence electrons. The molecule has 1 heterocycles. The van der Waals surface area contributed by atoms with Crippen molar-refractivity contribution in [1.82, 2.24) is 10.3 Å². The van der Waals surface area contributed by atoms with Gasteiger partial charge in [0.25, 0.3) is 5.91 Å². The summed E-state index contributed by atoms with van der Waals surface area (Å²) < 4.78 is 4.53. The smallest absolute Gasteiger partial charge is 0.329 e. The Morgan fingerprint density at radius 2 is 2.35 bits per heavy atom. The number of methoxy groups -OCH3 is 1. The molecule has 5 nitrogen and oxygen atoms in total. The number of carbonyl (C=O) groups is 2. The Bertz CT molecular complexity index is 437. The first kappa shape index (κ1) is 12.7. The number of carbonyl (C=O) groups excluding carboxylic acids is 2. The van der Waals surface area contributed by atoms with Gasteiger partial charge in [0.05, 0.1) is 7.11 Å². The largest absolute Gasteiger partial charge is 0.467 e. The number of nitrogens with one attached hydrogen (secondary N) is 1. The second kappa shape index (κ2) is 6.28. The number of terminal acetylenes is 1. The normalized spacial score (nSPS) is 11.1. The minimum absolute atomic E-state index is 0.0746. The van der Waals surface area contributed by atoms with Crippen molar-refractivity contribution in [2.24, 2.45) is 0 Å². The highest BCUT2D eigenvalue weighted by atomic mass is 16.5. The van der Waals surface area contributed by atoms with Gasteiger partial charge in [-0.05, 0) is 12.1 Å². The number of nitrogens with zero attached hydrogens (tertiary/aromatic N) is 1. The van der Waals surface area contributed by atoms with Crippen LogP contribution in [0.15, 0.2) is 24.4 Å². The van der Waals surface area contributed by atoms with Gasteiger partial charge in [0.15, 0.2) is 0 Å². The van der Waals surface area contributed by atoms with Crippen LogP contribution < -0.4 is 5.32 Å². The lowest BCUT2D eigenvalue weighted by Gasteiger charge is -2.13. The van der Waals surface area contributed by atoms with Crippen LogP contribution >= 0.6 is 0 Å². The van der Waals surface area contributed by atoms with Crippen molar-refractivity contribution >= 4 is 11.9 Å². The van der Waals surface area contributed by atoms with Gasteiger partial charge in [-0.2, -0.15) is 0 Å². The Morgan fingerprint density at radius 1 is 1.59 bits per heavy atom. The molecule has 1 atom stereocenters. The number of rotatable bonds is 4. The third-order valence-corrected chi connectivity index (χ3v) is 2.01. The highest BCUT2D eigenvalue weighted by Gasteiger charge is 2.21. The van der Waals surface area contributed by atoms with E-state index < -0.39 is 17.9 Å². The molecular weight excluding hydrogens is 220 g/mol. The zero-order valence-corrected chi connectivity index (χ0v) is 9.34. The average molecular weight is 232 g/mol. The van der Waals surface area contributed by atoms with E-state index in [1.54, 1.807) is 18.2 Å². The predicted octanol–water partition coefficient (Wildman–Crippen LogP) is 0.376. The van der Waals surface area contributed by atoms with E-state index in [0.29, 0.717) is 0 Å². The lowest BCUT2D eigenvalue weighted by Crippen LogP contribution is -2.41. The maximum absolute atomic E-state index is 11.7. The summed E-state index contributed by atoms with van der Waals surface area (Å²) in [4.78, 5) is 26.9. The van der Waals surface area contributed by atoms with E-state index in [4.69, 9.17) is 6.42 Å². The van der Waals surface area contributed by atoms with Gasteiger partial charge in [-0.3, -0.25) is 9.78 Å². The van der Waals surface area contributed by atoms with Gasteiger partial charge in [-0.25, -0.2) is 4.79 Å². The van der Waals surface area contributed by atoms with Crippen molar-refractivity contribution in [2.75, 3.05) is 7.11 Å². The van der Waals surface area contributed by atoms with E-state index in [-0.39, 0.29) is 12.1 Å². The number of amides is 1. The third-order valence-electron chi connectivity index (χ3n) is 2.01. The van der Waals surface area contributed by atoms with Crippen LogP contribution in [0.25, 0.3) is 0 Å². The fourth-order valence-corrected chi connectivity index (χ4v) is 1.18. The van der Waals surface area contributed by atoms with Crippen molar-refractivity contribution in [3.63, 3.8) is 0 Å². The summed E-state index contributed by atoms with van der Waals surface area (Å²) in [7, 11) is 1.23. The molecule has 0 radical (unpaired) electrons. The molecule has 0 bridgehead atoms. The SMILES string of the molecule is C#CC[C@@H](NC(=O)c1ccccn1)C(=O)OC. The van der Waals surface area contributed by atoms with Crippen LogP contribution in [0.4, 0.5) is 0 Å². The summed E-state index contributed by atoms with van der Waals surface area (Å²) in [5.41, 5.74) is 0.221. The zero-order valence-electron chi connectivity index (χ0n) is 9.34. The molecule has 5 heteroatoms. The molecule has 1 aromatic rings. The van der Waals surface area contributed by atoms with E-state index in [9.17, 15) is 9.59 Å². The molecule has 1 rings (SSSR count). The van der Waals surface area contributed by atoms with E-state index >= 15 is 0 Å². The molecule has 0 aliphatic heterocycles. The molecular formula is C12H12N2O3. The molecule has 0 aliphatic carbocycles. The van der Waals surface area contributed by atoms with Crippen LogP contribution in [-0.4, -0.2) is 30.0 Å². The molecule has 0 saturated carbocycles. The minimum Gasteiger partial charge on any atom is -0.467 e. The first-order valence-electron chi connectivity index (χ1n) is 4.92. The summed E-state index contributed by atoms with van der Waals surface area (Å²) in [5.74, 6) is 1.27. The molecule has 0 spiro atoms. The Hall–Kier alpha value is -2.35. The van der Waals surface area contributed by atoms with Crippen molar-refractivity contribution in [2.45, 2.75) is 12.5 Å².